The number of para-hydroxylation sites is 1. The van der Waals surface area contributed by atoms with Crippen LogP contribution in [0.4, 0.5) is 5.95 Å². The quantitative estimate of drug-likeness (QED) is 0.755. The number of aromatic nitrogens is 3. The second kappa shape index (κ2) is 5.84. The second-order valence-electron chi connectivity index (χ2n) is 7.83. The summed E-state index contributed by atoms with van der Waals surface area (Å²) < 4.78 is 7.08. The SMILES string of the molecule is COc1cccc2c1nc(N)n1cc(C(=O)N3CCC4(CCCC4)C3)nc21. The van der Waals surface area contributed by atoms with Crippen molar-refractivity contribution in [1.82, 2.24) is 19.3 Å². The molecule has 2 aliphatic rings. The average Bonchev–Trinajstić information content (AvgIpc) is 3.42. The Morgan fingerprint density at radius 2 is 2.04 bits per heavy atom. The smallest absolute Gasteiger partial charge is 0.274 e. The average molecular weight is 365 g/mol. The van der Waals surface area contributed by atoms with Crippen LogP contribution < -0.4 is 10.5 Å². The van der Waals surface area contributed by atoms with E-state index in [1.807, 2.05) is 23.1 Å². The minimum atomic E-state index is -0.0158. The minimum absolute atomic E-state index is 0.0158. The van der Waals surface area contributed by atoms with Crippen molar-refractivity contribution in [3.8, 4) is 5.75 Å². The Balaban J connectivity index is 1.56. The molecule has 5 rings (SSSR count). The summed E-state index contributed by atoms with van der Waals surface area (Å²) in [5.74, 6) is 0.917. The van der Waals surface area contributed by atoms with Gasteiger partial charge in [0.1, 0.15) is 22.6 Å². The van der Waals surface area contributed by atoms with E-state index in [-0.39, 0.29) is 5.91 Å². The van der Waals surface area contributed by atoms with E-state index in [0.29, 0.717) is 34.0 Å². The van der Waals surface area contributed by atoms with Gasteiger partial charge in [-0.05, 0) is 36.8 Å². The molecule has 2 aromatic heterocycles. The topological polar surface area (TPSA) is 85.8 Å². The summed E-state index contributed by atoms with van der Waals surface area (Å²) >= 11 is 0. The Morgan fingerprint density at radius 3 is 2.81 bits per heavy atom. The maximum atomic E-state index is 13.1. The highest BCUT2D eigenvalue weighted by Crippen LogP contribution is 2.45. The van der Waals surface area contributed by atoms with E-state index in [9.17, 15) is 4.79 Å². The zero-order valence-electron chi connectivity index (χ0n) is 15.4. The van der Waals surface area contributed by atoms with Crippen LogP contribution in [0.1, 0.15) is 42.6 Å². The number of fused-ring (bicyclic) bond motifs is 3. The maximum absolute atomic E-state index is 13.1. The number of amides is 1. The number of imidazole rings is 1. The number of rotatable bonds is 2. The number of anilines is 1. The zero-order valence-corrected chi connectivity index (χ0v) is 15.4. The highest BCUT2D eigenvalue weighted by molar-refractivity contribution is 5.99. The summed E-state index contributed by atoms with van der Waals surface area (Å²) in [7, 11) is 1.60. The van der Waals surface area contributed by atoms with Gasteiger partial charge >= 0.3 is 0 Å². The third-order valence-electron chi connectivity index (χ3n) is 6.25. The monoisotopic (exact) mass is 365 g/mol. The van der Waals surface area contributed by atoms with Crippen LogP contribution in [-0.2, 0) is 0 Å². The van der Waals surface area contributed by atoms with Crippen LogP contribution in [0.5, 0.6) is 5.75 Å². The van der Waals surface area contributed by atoms with Crippen molar-refractivity contribution in [1.29, 1.82) is 0 Å². The lowest BCUT2D eigenvalue weighted by Crippen LogP contribution is -2.31. The molecule has 1 saturated heterocycles. The van der Waals surface area contributed by atoms with Crippen molar-refractivity contribution in [3.63, 3.8) is 0 Å². The fourth-order valence-corrected chi connectivity index (χ4v) is 4.80. The Kier molecular flexibility index (Phi) is 3.54. The van der Waals surface area contributed by atoms with Gasteiger partial charge in [0.25, 0.3) is 5.91 Å². The van der Waals surface area contributed by atoms with Gasteiger partial charge in [-0.25, -0.2) is 9.97 Å². The lowest BCUT2D eigenvalue weighted by molar-refractivity contribution is 0.0768. The molecule has 2 N–H and O–H groups in total. The highest BCUT2D eigenvalue weighted by Gasteiger charge is 2.42. The summed E-state index contributed by atoms with van der Waals surface area (Å²) in [4.78, 5) is 24.1. The number of nitrogens with two attached hydrogens (primary N) is 1. The van der Waals surface area contributed by atoms with Crippen molar-refractivity contribution < 1.29 is 9.53 Å². The predicted molar refractivity (Wildman–Crippen MR) is 103 cm³/mol. The van der Waals surface area contributed by atoms with Crippen LogP contribution in [0.3, 0.4) is 0 Å². The van der Waals surface area contributed by atoms with E-state index in [1.165, 1.54) is 25.7 Å². The third kappa shape index (κ3) is 2.44. The number of benzene rings is 1. The third-order valence-corrected chi connectivity index (χ3v) is 6.25. The second-order valence-corrected chi connectivity index (χ2v) is 7.83. The highest BCUT2D eigenvalue weighted by atomic mass is 16.5. The number of nitrogen functional groups attached to an aromatic ring is 1. The van der Waals surface area contributed by atoms with Gasteiger partial charge in [0.05, 0.1) is 7.11 Å². The van der Waals surface area contributed by atoms with E-state index >= 15 is 0 Å². The van der Waals surface area contributed by atoms with E-state index < -0.39 is 0 Å². The lowest BCUT2D eigenvalue weighted by Gasteiger charge is -2.23. The first-order valence-corrected chi connectivity index (χ1v) is 9.51. The number of carbonyl (C=O) groups is 1. The molecule has 1 aliphatic heterocycles. The molecule has 0 radical (unpaired) electrons. The number of hydrogen-bond acceptors (Lipinski definition) is 5. The van der Waals surface area contributed by atoms with Gasteiger partial charge in [0.2, 0.25) is 5.95 Å². The number of likely N-dealkylation sites (tertiary alicyclic amines) is 1. The molecule has 1 spiro atoms. The number of methoxy groups -OCH3 is 1. The molecule has 0 unspecified atom stereocenters. The summed E-state index contributed by atoms with van der Waals surface area (Å²) in [6.45, 7) is 1.66. The molecule has 3 aromatic rings. The van der Waals surface area contributed by atoms with Crippen LogP contribution in [-0.4, -0.2) is 45.4 Å². The molecular weight excluding hydrogens is 342 g/mol. The normalized spacial score (nSPS) is 18.8. The van der Waals surface area contributed by atoms with Crippen LogP contribution in [0.15, 0.2) is 24.4 Å². The molecule has 140 valence electrons. The van der Waals surface area contributed by atoms with Crippen molar-refractivity contribution >= 4 is 28.4 Å². The minimum Gasteiger partial charge on any atom is -0.494 e. The van der Waals surface area contributed by atoms with Gasteiger partial charge in [0.15, 0.2) is 0 Å². The summed E-state index contributed by atoms with van der Waals surface area (Å²) in [5.41, 5.74) is 8.19. The Labute approximate surface area is 157 Å². The summed E-state index contributed by atoms with van der Waals surface area (Å²) in [5, 5.41) is 0.816. The fraction of sp³-hybridized carbons (Fsp3) is 0.450. The van der Waals surface area contributed by atoms with E-state index in [0.717, 1.165) is 24.9 Å². The van der Waals surface area contributed by atoms with Gasteiger partial charge < -0.3 is 15.4 Å². The van der Waals surface area contributed by atoms with Gasteiger partial charge in [0, 0.05) is 24.7 Å². The number of ether oxygens (including phenoxy) is 1. The van der Waals surface area contributed by atoms with Gasteiger partial charge in [-0.3, -0.25) is 9.20 Å². The van der Waals surface area contributed by atoms with Crippen molar-refractivity contribution in [3.05, 3.63) is 30.1 Å². The van der Waals surface area contributed by atoms with Crippen molar-refractivity contribution in [2.24, 2.45) is 5.41 Å². The van der Waals surface area contributed by atoms with Gasteiger partial charge in [-0.1, -0.05) is 18.9 Å². The molecule has 3 heterocycles. The first kappa shape index (κ1) is 16.4. The van der Waals surface area contributed by atoms with Gasteiger partial charge in [-0.2, -0.15) is 0 Å². The van der Waals surface area contributed by atoms with Crippen LogP contribution in [0.2, 0.25) is 0 Å². The standard InChI is InChI=1S/C20H23N5O2/c1-27-15-6-4-5-13-16(15)23-19(21)25-11-14(22-17(13)25)18(26)24-10-9-20(12-24)7-2-3-8-20/h4-6,11H,2-3,7-10,12H2,1H3,(H2,21,23). The van der Waals surface area contributed by atoms with Crippen LogP contribution in [0.25, 0.3) is 16.6 Å². The van der Waals surface area contributed by atoms with Crippen LogP contribution in [0, 0.1) is 5.41 Å². The first-order chi connectivity index (χ1) is 13.1. The zero-order chi connectivity index (χ0) is 18.6. The maximum Gasteiger partial charge on any atom is 0.274 e. The van der Waals surface area contributed by atoms with E-state index in [1.54, 1.807) is 17.7 Å². The van der Waals surface area contributed by atoms with E-state index in [2.05, 4.69) is 9.97 Å². The molecule has 1 saturated carbocycles. The Morgan fingerprint density at radius 1 is 1.22 bits per heavy atom. The van der Waals surface area contributed by atoms with Crippen LogP contribution >= 0.6 is 0 Å². The molecule has 1 aromatic carbocycles. The van der Waals surface area contributed by atoms with Gasteiger partial charge in [-0.15, -0.1) is 0 Å². The largest absolute Gasteiger partial charge is 0.494 e. The predicted octanol–water partition coefficient (Wildman–Crippen LogP) is 2.88. The summed E-state index contributed by atoms with van der Waals surface area (Å²) in [6.07, 6.45) is 7.86. The number of hydrogen-bond donors (Lipinski definition) is 1. The fourth-order valence-electron chi connectivity index (χ4n) is 4.80. The molecule has 2 fully saturated rings. The number of carbonyl (C=O) groups excluding carboxylic acids is 1. The molecule has 1 amide bonds. The molecular formula is C20H23N5O2. The summed E-state index contributed by atoms with van der Waals surface area (Å²) in [6, 6.07) is 5.65. The Bertz CT molecular complexity index is 1050. The molecule has 27 heavy (non-hydrogen) atoms. The van der Waals surface area contributed by atoms with Crippen molar-refractivity contribution in [2.45, 2.75) is 32.1 Å². The van der Waals surface area contributed by atoms with Crippen molar-refractivity contribution in [2.75, 3.05) is 25.9 Å². The van der Waals surface area contributed by atoms with E-state index in [4.69, 9.17) is 10.5 Å². The molecule has 0 bridgehead atoms. The first-order valence-electron chi connectivity index (χ1n) is 9.51. The molecule has 0 atom stereocenters. The molecule has 7 heteroatoms. The molecule has 1 aliphatic carbocycles. The Hall–Kier alpha value is -2.83. The lowest BCUT2D eigenvalue weighted by atomic mass is 9.86. The molecule has 7 nitrogen and oxygen atoms in total. The number of nitrogens with zero attached hydrogens (tertiary/aromatic N) is 4.